The van der Waals surface area contributed by atoms with Crippen LogP contribution in [-0.4, -0.2) is 44.2 Å². The minimum atomic E-state index is -0.478. The first kappa shape index (κ1) is 20.5. The van der Waals surface area contributed by atoms with Crippen LogP contribution in [0, 0.1) is 5.82 Å². The molecule has 152 valence electrons. The number of guanidine groups is 1. The van der Waals surface area contributed by atoms with Gasteiger partial charge in [-0.15, -0.1) is 0 Å². The van der Waals surface area contributed by atoms with E-state index in [-0.39, 0.29) is 17.9 Å². The molecule has 8 heteroatoms. The fourth-order valence-electron chi connectivity index (χ4n) is 2.82. The number of anilines is 1. The van der Waals surface area contributed by atoms with E-state index in [0.717, 1.165) is 12.8 Å². The van der Waals surface area contributed by atoms with Gasteiger partial charge in [0.15, 0.2) is 0 Å². The minimum absolute atomic E-state index is 0.0104. The Kier molecular flexibility index (Phi) is 6.91. The second-order valence-corrected chi connectivity index (χ2v) is 6.48. The zero-order chi connectivity index (χ0) is 20.6. The molecule has 1 saturated heterocycles. The van der Waals surface area contributed by atoms with Gasteiger partial charge in [-0.3, -0.25) is 10.1 Å². The Labute approximate surface area is 167 Å². The predicted octanol–water partition coefficient (Wildman–Crippen LogP) is 2.99. The smallest absolute Gasteiger partial charge is 0.337 e. The Morgan fingerprint density at radius 3 is 2.45 bits per heavy atom. The van der Waals surface area contributed by atoms with Gasteiger partial charge in [-0.05, 0) is 61.4 Å². The third-order valence-electron chi connectivity index (χ3n) is 4.38. The number of methoxy groups -OCH3 is 1. The van der Waals surface area contributed by atoms with Crippen LogP contribution in [0.25, 0.3) is 0 Å². The Hall–Kier alpha value is -3.26. The molecule has 2 aromatic rings. The van der Waals surface area contributed by atoms with Gasteiger partial charge in [0.05, 0.1) is 25.3 Å². The highest BCUT2D eigenvalue weighted by Crippen LogP contribution is 2.13. The lowest BCUT2D eigenvalue weighted by Crippen LogP contribution is -2.36. The fraction of sp³-hybridized carbons (Fsp3) is 0.286. The summed E-state index contributed by atoms with van der Waals surface area (Å²) in [5.74, 6) is -1.01. The number of halogens is 1. The summed E-state index contributed by atoms with van der Waals surface area (Å²) >= 11 is 0. The number of carbonyl (C=O) groups is 2. The van der Waals surface area contributed by atoms with Crippen molar-refractivity contribution in [3.05, 3.63) is 65.5 Å². The number of carbonyl (C=O) groups excluding carboxylic acids is 2. The third-order valence-corrected chi connectivity index (χ3v) is 4.38. The van der Waals surface area contributed by atoms with Crippen LogP contribution in [0.4, 0.5) is 10.1 Å². The lowest BCUT2D eigenvalue weighted by atomic mass is 10.1. The SMILES string of the molecule is COC(=O)c1ccc(C(=O)NC(=NC[C@@H]2CCCO2)Nc2ccc(F)cc2)cc1. The van der Waals surface area contributed by atoms with Gasteiger partial charge in [-0.1, -0.05) is 0 Å². The van der Waals surface area contributed by atoms with E-state index in [1.54, 1.807) is 12.1 Å². The molecule has 3 rings (SSSR count). The second-order valence-electron chi connectivity index (χ2n) is 6.48. The molecule has 1 aliphatic heterocycles. The Morgan fingerprint density at radius 1 is 1.14 bits per heavy atom. The molecule has 0 bridgehead atoms. The molecule has 0 radical (unpaired) electrons. The summed E-state index contributed by atoms with van der Waals surface area (Å²) in [6, 6.07) is 11.8. The van der Waals surface area contributed by atoms with E-state index >= 15 is 0 Å². The molecule has 0 aliphatic carbocycles. The average Bonchev–Trinajstić information content (AvgIpc) is 3.27. The van der Waals surface area contributed by atoms with Crippen LogP contribution < -0.4 is 10.6 Å². The van der Waals surface area contributed by atoms with E-state index in [9.17, 15) is 14.0 Å². The third kappa shape index (κ3) is 5.86. The molecule has 0 aromatic heterocycles. The average molecular weight is 399 g/mol. The lowest BCUT2D eigenvalue weighted by molar-refractivity contribution is 0.0600. The highest BCUT2D eigenvalue weighted by molar-refractivity contribution is 6.10. The first-order valence-electron chi connectivity index (χ1n) is 9.23. The van der Waals surface area contributed by atoms with E-state index < -0.39 is 11.9 Å². The molecular formula is C21H22FN3O4. The van der Waals surface area contributed by atoms with Crippen molar-refractivity contribution in [3.8, 4) is 0 Å². The number of aliphatic imine (C=N–C) groups is 1. The molecule has 29 heavy (non-hydrogen) atoms. The standard InChI is InChI=1S/C21H22FN3O4/c1-28-20(27)15-6-4-14(5-7-15)19(26)25-21(23-13-18-3-2-12-29-18)24-17-10-8-16(22)9-11-17/h4-11,18H,2-3,12-13H2,1H3,(H2,23,24,25,26)/t18-/m0/s1. The first-order chi connectivity index (χ1) is 14.0. The number of nitrogens with zero attached hydrogens (tertiary/aromatic N) is 1. The Bertz CT molecular complexity index is 876. The van der Waals surface area contributed by atoms with E-state index in [2.05, 4.69) is 20.4 Å². The van der Waals surface area contributed by atoms with Crippen molar-refractivity contribution >= 4 is 23.5 Å². The van der Waals surface area contributed by atoms with Crippen LogP contribution in [0.5, 0.6) is 0 Å². The first-order valence-corrected chi connectivity index (χ1v) is 9.23. The van der Waals surface area contributed by atoms with E-state index in [0.29, 0.717) is 30.0 Å². The maximum atomic E-state index is 13.1. The molecule has 7 nitrogen and oxygen atoms in total. The lowest BCUT2D eigenvalue weighted by Gasteiger charge is -2.13. The van der Waals surface area contributed by atoms with Gasteiger partial charge in [0.1, 0.15) is 5.82 Å². The van der Waals surface area contributed by atoms with Crippen molar-refractivity contribution < 1.29 is 23.5 Å². The number of benzene rings is 2. The summed E-state index contributed by atoms with van der Waals surface area (Å²) in [7, 11) is 1.29. The van der Waals surface area contributed by atoms with Gasteiger partial charge in [0, 0.05) is 17.9 Å². The van der Waals surface area contributed by atoms with Gasteiger partial charge in [0.2, 0.25) is 5.96 Å². The van der Waals surface area contributed by atoms with Gasteiger partial charge in [-0.2, -0.15) is 0 Å². The molecular weight excluding hydrogens is 377 g/mol. The molecule has 1 fully saturated rings. The highest BCUT2D eigenvalue weighted by atomic mass is 19.1. The van der Waals surface area contributed by atoms with Crippen molar-refractivity contribution in [2.75, 3.05) is 25.6 Å². The van der Waals surface area contributed by atoms with Crippen molar-refractivity contribution in [2.45, 2.75) is 18.9 Å². The predicted molar refractivity (Wildman–Crippen MR) is 107 cm³/mol. The topological polar surface area (TPSA) is 89.0 Å². The number of rotatable bonds is 5. The van der Waals surface area contributed by atoms with Gasteiger partial charge >= 0.3 is 5.97 Å². The summed E-state index contributed by atoms with van der Waals surface area (Å²) in [5, 5.41) is 5.71. The molecule has 1 heterocycles. The summed E-state index contributed by atoms with van der Waals surface area (Å²) in [6.07, 6.45) is 1.91. The molecule has 1 amide bonds. The summed E-state index contributed by atoms with van der Waals surface area (Å²) in [5.41, 5.74) is 1.28. The zero-order valence-electron chi connectivity index (χ0n) is 16.0. The van der Waals surface area contributed by atoms with E-state index in [4.69, 9.17) is 4.74 Å². The minimum Gasteiger partial charge on any atom is -0.465 e. The van der Waals surface area contributed by atoms with Crippen LogP contribution in [-0.2, 0) is 9.47 Å². The number of esters is 1. The van der Waals surface area contributed by atoms with Crippen LogP contribution in [0.3, 0.4) is 0 Å². The van der Waals surface area contributed by atoms with Crippen LogP contribution in [0.1, 0.15) is 33.6 Å². The molecule has 0 spiro atoms. The number of ether oxygens (including phenoxy) is 2. The molecule has 2 N–H and O–H groups in total. The van der Waals surface area contributed by atoms with Crippen molar-refractivity contribution in [3.63, 3.8) is 0 Å². The number of hydrogen-bond acceptors (Lipinski definition) is 5. The van der Waals surface area contributed by atoms with Gasteiger partial charge in [0.25, 0.3) is 5.91 Å². The van der Waals surface area contributed by atoms with E-state index in [1.807, 2.05) is 0 Å². The summed E-state index contributed by atoms with van der Waals surface area (Å²) in [4.78, 5) is 28.6. The number of nitrogens with one attached hydrogen (secondary N) is 2. The van der Waals surface area contributed by atoms with Crippen LogP contribution >= 0.6 is 0 Å². The Morgan fingerprint density at radius 2 is 1.83 bits per heavy atom. The van der Waals surface area contributed by atoms with Crippen molar-refractivity contribution in [1.82, 2.24) is 5.32 Å². The van der Waals surface area contributed by atoms with E-state index in [1.165, 1.54) is 43.5 Å². The molecule has 0 unspecified atom stereocenters. The quantitative estimate of drug-likeness (QED) is 0.458. The molecule has 2 aromatic carbocycles. The number of amides is 1. The Balaban J connectivity index is 1.72. The number of hydrogen-bond donors (Lipinski definition) is 2. The van der Waals surface area contributed by atoms with Crippen LogP contribution in [0.15, 0.2) is 53.5 Å². The fourth-order valence-corrected chi connectivity index (χ4v) is 2.82. The maximum Gasteiger partial charge on any atom is 0.337 e. The van der Waals surface area contributed by atoms with Gasteiger partial charge in [-0.25, -0.2) is 14.2 Å². The molecule has 1 atom stereocenters. The normalized spacial score (nSPS) is 16.3. The summed E-state index contributed by atoms with van der Waals surface area (Å²) < 4.78 is 23.4. The second kappa shape index (κ2) is 9.79. The zero-order valence-corrected chi connectivity index (χ0v) is 16.0. The van der Waals surface area contributed by atoms with Crippen molar-refractivity contribution in [1.29, 1.82) is 0 Å². The maximum absolute atomic E-state index is 13.1. The molecule has 0 saturated carbocycles. The molecule has 1 aliphatic rings. The monoisotopic (exact) mass is 399 g/mol. The van der Waals surface area contributed by atoms with Crippen LogP contribution in [0.2, 0.25) is 0 Å². The summed E-state index contributed by atoms with van der Waals surface area (Å²) in [6.45, 7) is 1.10. The van der Waals surface area contributed by atoms with Gasteiger partial charge < -0.3 is 14.8 Å². The van der Waals surface area contributed by atoms with Crippen molar-refractivity contribution in [2.24, 2.45) is 4.99 Å². The largest absolute Gasteiger partial charge is 0.465 e. The highest BCUT2D eigenvalue weighted by Gasteiger charge is 2.16.